The van der Waals surface area contributed by atoms with E-state index in [1.54, 1.807) is 18.3 Å². The molecule has 0 saturated carbocycles. The Hall–Kier alpha value is -3.00. The van der Waals surface area contributed by atoms with Crippen molar-refractivity contribution < 1.29 is 9.90 Å². The Kier molecular flexibility index (Phi) is 2.99. The number of rotatable bonds is 3. The van der Waals surface area contributed by atoms with Crippen molar-refractivity contribution in [3.05, 3.63) is 45.9 Å². The summed E-state index contributed by atoms with van der Waals surface area (Å²) in [6.45, 7) is 0. The average Bonchev–Trinajstić information content (AvgIpc) is 2.90. The van der Waals surface area contributed by atoms with Gasteiger partial charge in [0.25, 0.3) is 5.56 Å². The van der Waals surface area contributed by atoms with Crippen molar-refractivity contribution in [3.63, 3.8) is 0 Å². The van der Waals surface area contributed by atoms with E-state index in [0.717, 1.165) is 16.3 Å². The Morgan fingerprint density at radius 1 is 1.38 bits per heavy atom. The first-order chi connectivity index (χ1) is 10.1. The highest BCUT2D eigenvalue weighted by Gasteiger charge is 2.12. The quantitative estimate of drug-likeness (QED) is 0.641. The predicted octanol–water partition coefficient (Wildman–Crippen LogP) is 2.01. The number of terminal acetylenes is 1. The van der Waals surface area contributed by atoms with Crippen LogP contribution >= 0.6 is 0 Å². The van der Waals surface area contributed by atoms with E-state index in [0.29, 0.717) is 23.0 Å². The number of benzene rings is 1. The van der Waals surface area contributed by atoms with Gasteiger partial charge in [0.05, 0.1) is 0 Å². The van der Waals surface area contributed by atoms with Gasteiger partial charge >= 0.3 is 5.97 Å². The zero-order valence-electron chi connectivity index (χ0n) is 11.1. The number of carbonyl (C=O) groups is 1. The van der Waals surface area contributed by atoms with Crippen molar-refractivity contribution in [1.82, 2.24) is 9.97 Å². The molecule has 2 aromatic heterocycles. The van der Waals surface area contributed by atoms with E-state index >= 15 is 0 Å². The predicted molar refractivity (Wildman–Crippen MR) is 80.3 cm³/mol. The van der Waals surface area contributed by atoms with Gasteiger partial charge in [0.2, 0.25) is 0 Å². The molecule has 3 aromatic rings. The number of hydrogen-bond donors (Lipinski definition) is 3. The van der Waals surface area contributed by atoms with Crippen molar-refractivity contribution in [2.24, 2.45) is 0 Å². The normalized spacial score (nSPS) is 10.8. The molecular weight excluding hydrogens is 268 g/mol. The van der Waals surface area contributed by atoms with E-state index in [2.05, 4.69) is 15.9 Å². The van der Waals surface area contributed by atoms with Gasteiger partial charge in [-0.2, -0.15) is 0 Å². The number of hydrogen-bond acceptors (Lipinski definition) is 2. The standard InChI is InChI=1S/C16H12N2O3/c1-2-9-3-5-12-11(7-9)14-10(4-6-13(19)20)8-17-15(14)16(21)18-12/h1,3,5,7-8,17H,4,6H2,(H,18,21)(H,19,20). The monoisotopic (exact) mass is 280 g/mol. The molecule has 21 heavy (non-hydrogen) atoms. The molecule has 5 nitrogen and oxygen atoms in total. The van der Waals surface area contributed by atoms with Crippen LogP contribution in [0.2, 0.25) is 0 Å². The number of H-pyrrole nitrogens is 2. The Labute approximate surface area is 119 Å². The van der Waals surface area contributed by atoms with Crippen LogP contribution in [0, 0.1) is 12.3 Å². The van der Waals surface area contributed by atoms with Gasteiger partial charge in [-0.3, -0.25) is 9.59 Å². The first-order valence-corrected chi connectivity index (χ1v) is 6.44. The number of aliphatic carboxylic acids is 1. The molecular formula is C16H12N2O3. The fraction of sp³-hybridized carbons (Fsp3) is 0.125. The van der Waals surface area contributed by atoms with Crippen molar-refractivity contribution in [3.8, 4) is 12.3 Å². The largest absolute Gasteiger partial charge is 0.481 e. The van der Waals surface area contributed by atoms with Crippen LogP contribution < -0.4 is 5.56 Å². The molecule has 2 heterocycles. The Morgan fingerprint density at radius 2 is 2.19 bits per heavy atom. The molecule has 3 N–H and O–H groups in total. The molecule has 0 atom stereocenters. The van der Waals surface area contributed by atoms with Crippen molar-refractivity contribution >= 4 is 27.8 Å². The molecule has 0 aliphatic carbocycles. The van der Waals surface area contributed by atoms with Crippen LogP contribution in [0.5, 0.6) is 0 Å². The second-order valence-electron chi connectivity index (χ2n) is 4.82. The molecule has 0 spiro atoms. The van der Waals surface area contributed by atoms with E-state index < -0.39 is 5.97 Å². The number of pyridine rings is 1. The maximum absolute atomic E-state index is 12.1. The van der Waals surface area contributed by atoms with Gasteiger partial charge in [-0.25, -0.2) is 0 Å². The van der Waals surface area contributed by atoms with Crippen LogP contribution in [-0.2, 0) is 11.2 Å². The highest BCUT2D eigenvalue weighted by molar-refractivity contribution is 6.06. The van der Waals surface area contributed by atoms with E-state index in [1.807, 2.05) is 6.07 Å². The molecule has 0 aliphatic rings. The molecule has 1 aromatic carbocycles. The first kappa shape index (κ1) is 13.0. The third-order valence-electron chi connectivity index (χ3n) is 3.50. The third-order valence-corrected chi connectivity index (χ3v) is 3.50. The maximum Gasteiger partial charge on any atom is 0.303 e. The van der Waals surface area contributed by atoms with Crippen molar-refractivity contribution in [2.45, 2.75) is 12.8 Å². The molecule has 0 amide bonds. The summed E-state index contributed by atoms with van der Waals surface area (Å²) in [7, 11) is 0. The smallest absolute Gasteiger partial charge is 0.303 e. The summed E-state index contributed by atoms with van der Waals surface area (Å²) in [6, 6.07) is 5.35. The van der Waals surface area contributed by atoms with Gasteiger partial charge in [0, 0.05) is 34.5 Å². The number of aryl methyl sites for hydroxylation is 1. The van der Waals surface area contributed by atoms with Gasteiger partial charge < -0.3 is 15.1 Å². The minimum Gasteiger partial charge on any atom is -0.481 e. The average molecular weight is 280 g/mol. The number of nitrogens with one attached hydrogen (secondary N) is 2. The minimum atomic E-state index is -0.872. The van der Waals surface area contributed by atoms with E-state index in [4.69, 9.17) is 11.5 Å². The number of aromatic nitrogens is 2. The lowest BCUT2D eigenvalue weighted by Gasteiger charge is -2.03. The zero-order chi connectivity index (χ0) is 15.0. The maximum atomic E-state index is 12.1. The van der Waals surface area contributed by atoms with Crippen LogP contribution in [0.25, 0.3) is 21.8 Å². The molecule has 0 aliphatic heterocycles. The minimum absolute atomic E-state index is 0.01000. The van der Waals surface area contributed by atoms with Crippen molar-refractivity contribution in [2.75, 3.05) is 0 Å². The first-order valence-electron chi connectivity index (χ1n) is 6.44. The fourth-order valence-electron chi connectivity index (χ4n) is 2.52. The zero-order valence-corrected chi connectivity index (χ0v) is 11.1. The molecule has 0 unspecified atom stereocenters. The summed E-state index contributed by atoms with van der Waals surface area (Å²) >= 11 is 0. The van der Waals surface area contributed by atoms with Gasteiger partial charge in [0.15, 0.2) is 0 Å². The molecule has 5 heteroatoms. The van der Waals surface area contributed by atoms with Crippen LogP contribution in [0.4, 0.5) is 0 Å². The summed E-state index contributed by atoms with van der Waals surface area (Å²) in [5, 5.41) is 10.4. The highest BCUT2D eigenvalue weighted by atomic mass is 16.4. The molecule has 0 fully saturated rings. The van der Waals surface area contributed by atoms with Gasteiger partial charge in [-0.1, -0.05) is 5.92 Å². The van der Waals surface area contributed by atoms with Gasteiger partial charge in [0.1, 0.15) is 5.52 Å². The molecule has 0 bridgehead atoms. The Bertz CT molecular complexity index is 957. The molecule has 104 valence electrons. The SMILES string of the molecule is C#Cc1ccc2[nH]c(=O)c3[nH]cc(CCC(=O)O)c3c2c1. The molecule has 3 rings (SSSR count). The van der Waals surface area contributed by atoms with E-state index in [9.17, 15) is 9.59 Å². The summed E-state index contributed by atoms with van der Waals surface area (Å²) in [6.07, 6.45) is 7.47. The second kappa shape index (κ2) is 4.84. The number of carboxylic acid groups (broad SMARTS) is 1. The van der Waals surface area contributed by atoms with Crippen LogP contribution in [0.1, 0.15) is 17.5 Å². The second-order valence-corrected chi connectivity index (χ2v) is 4.82. The summed E-state index contributed by atoms with van der Waals surface area (Å²) in [5.74, 6) is 1.69. The summed E-state index contributed by atoms with van der Waals surface area (Å²) < 4.78 is 0. The number of fused-ring (bicyclic) bond motifs is 3. The number of carboxylic acids is 1. The fourth-order valence-corrected chi connectivity index (χ4v) is 2.52. The van der Waals surface area contributed by atoms with E-state index in [1.165, 1.54) is 0 Å². The summed E-state index contributed by atoms with van der Waals surface area (Å²) in [4.78, 5) is 28.5. The van der Waals surface area contributed by atoms with E-state index in [-0.39, 0.29) is 12.0 Å². The lowest BCUT2D eigenvalue weighted by atomic mass is 10.0. The highest BCUT2D eigenvalue weighted by Crippen LogP contribution is 2.26. The van der Waals surface area contributed by atoms with Gasteiger partial charge in [-0.15, -0.1) is 6.42 Å². The number of aromatic amines is 2. The van der Waals surface area contributed by atoms with Crippen LogP contribution in [-0.4, -0.2) is 21.0 Å². The Morgan fingerprint density at radius 3 is 2.90 bits per heavy atom. The molecule has 0 radical (unpaired) electrons. The third kappa shape index (κ3) is 2.17. The Balaban J connectivity index is 2.33. The summed E-state index contributed by atoms with van der Waals surface area (Å²) in [5.41, 5.74) is 2.41. The van der Waals surface area contributed by atoms with Crippen LogP contribution in [0.3, 0.4) is 0 Å². The molecule has 0 saturated heterocycles. The van der Waals surface area contributed by atoms with Crippen molar-refractivity contribution in [1.29, 1.82) is 0 Å². The van der Waals surface area contributed by atoms with Crippen LogP contribution in [0.15, 0.2) is 29.2 Å². The lowest BCUT2D eigenvalue weighted by molar-refractivity contribution is -0.136. The topological polar surface area (TPSA) is 86.0 Å². The van der Waals surface area contributed by atoms with Gasteiger partial charge in [-0.05, 0) is 30.2 Å². The lowest BCUT2D eigenvalue weighted by Crippen LogP contribution is -2.06.